The summed E-state index contributed by atoms with van der Waals surface area (Å²) in [5.74, 6) is 1.21. The molecule has 1 heterocycles. The molecule has 3 aromatic rings. The van der Waals surface area contributed by atoms with Crippen LogP contribution in [0.1, 0.15) is 6.92 Å². The fourth-order valence-corrected chi connectivity index (χ4v) is 2.17. The number of aromatic nitrogens is 2. The van der Waals surface area contributed by atoms with Crippen LogP contribution in [-0.4, -0.2) is 15.8 Å². The van der Waals surface area contributed by atoms with Crippen LogP contribution in [0, 0.1) is 5.41 Å². The highest BCUT2D eigenvalue weighted by atomic mass is 35.5. The molecule has 2 aromatic carbocycles. The van der Waals surface area contributed by atoms with Gasteiger partial charge in [-0.05, 0) is 49.4 Å². The van der Waals surface area contributed by atoms with Crippen LogP contribution in [0.4, 0.5) is 5.69 Å². The summed E-state index contributed by atoms with van der Waals surface area (Å²) >= 11 is 5.89. The highest BCUT2D eigenvalue weighted by Crippen LogP contribution is 2.24. The Morgan fingerprint density at radius 1 is 1.20 bits per heavy atom. The van der Waals surface area contributed by atoms with Gasteiger partial charge in [0.25, 0.3) is 0 Å². The molecule has 0 amide bonds. The molecule has 3 N–H and O–H groups in total. The molecule has 20 heavy (non-hydrogen) atoms. The van der Waals surface area contributed by atoms with Crippen LogP contribution >= 0.6 is 11.6 Å². The van der Waals surface area contributed by atoms with E-state index < -0.39 is 0 Å². The molecule has 0 bridgehead atoms. The van der Waals surface area contributed by atoms with Gasteiger partial charge >= 0.3 is 0 Å². The zero-order valence-electron chi connectivity index (χ0n) is 10.9. The second-order valence-electron chi connectivity index (χ2n) is 4.57. The maximum atomic E-state index is 7.45. The fraction of sp³-hybridized carbons (Fsp3) is 0.0667. The molecular weight excluding hydrogens is 272 g/mol. The first-order chi connectivity index (χ1) is 9.61. The minimum absolute atomic E-state index is 0.401. The number of anilines is 1. The van der Waals surface area contributed by atoms with Crippen LogP contribution in [0.15, 0.2) is 42.5 Å². The van der Waals surface area contributed by atoms with Crippen LogP contribution in [-0.2, 0) is 0 Å². The minimum atomic E-state index is 0.401. The zero-order valence-corrected chi connectivity index (χ0v) is 11.6. The molecule has 0 spiro atoms. The highest BCUT2D eigenvalue weighted by Gasteiger charge is 2.06. The minimum Gasteiger partial charge on any atom is -0.344 e. The van der Waals surface area contributed by atoms with Crippen molar-refractivity contribution in [2.24, 2.45) is 0 Å². The number of fused-ring (bicyclic) bond motifs is 1. The van der Waals surface area contributed by atoms with Crippen molar-refractivity contribution in [1.29, 1.82) is 5.41 Å². The predicted octanol–water partition coefficient (Wildman–Crippen LogP) is 4.29. The van der Waals surface area contributed by atoms with Gasteiger partial charge in [0.15, 0.2) is 0 Å². The Morgan fingerprint density at radius 3 is 2.65 bits per heavy atom. The summed E-state index contributed by atoms with van der Waals surface area (Å²) in [5.41, 5.74) is 3.67. The van der Waals surface area contributed by atoms with Gasteiger partial charge in [-0.2, -0.15) is 0 Å². The molecule has 0 fully saturated rings. The molecule has 0 radical (unpaired) electrons. The number of nitrogens with one attached hydrogen (secondary N) is 3. The summed E-state index contributed by atoms with van der Waals surface area (Å²) in [6.45, 7) is 1.70. The number of benzene rings is 2. The monoisotopic (exact) mass is 284 g/mol. The molecule has 5 heteroatoms. The number of halogens is 1. The van der Waals surface area contributed by atoms with Gasteiger partial charge in [0.1, 0.15) is 5.82 Å². The lowest BCUT2D eigenvalue weighted by Gasteiger charge is -2.02. The third-order valence-electron chi connectivity index (χ3n) is 2.93. The largest absolute Gasteiger partial charge is 0.344 e. The van der Waals surface area contributed by atoms with E-state index in [0.29, 0.717) is 10.9 Å². The number of hydrogen-bond acceptors (Lipinski definition) is 2. The zero-order chi connectivity index (χ0) is 14.1. The van der Waals surface area contributed by atoms with E-state index in [4.69, 9.17) is 17.0 Å². The number of nitrogens with zero attached hydrogens (tertiary/aromatic N) is 1. The molecule has 0 saturated heterocycles. The first kappa shape index (κ1) is 12.7. The normalized spacial score (nSPS) is 10.7. The Hall–Kier alpha value is -2.33. The summed E-state index contributed by atoms with van der Waals surface area (Å²) in [7, 11) is 0. The van der Waals surface area contributed by atoms with Crippen LogP contribution in [0.2, 0.25) is 5.02 Å². The molecule has 100 valence electrons. The van der Waals surface area contributed by atoms with Crippen LogP contribution in [0.3, 0.4) is 0 Å². The van der Waals surface area contributed by atoms with Crippen LogP contribution in [0.25, 0.3) is 22.4 Å². The van der Waals surface area contributed by atoms with Crippen molar-refractivity contribution in [3.63, 3.8) is 0 Å². The maximum Gasteiger partial charge on any atom is 0.138 e. The standard InChI is InChI=1S/C15H13ClN4/c1-9(17)18-12-6-7-13-14(8-12)20-15(19-13)10-2-4-11(16)5-3-10/h2-8H,1H3,(H2,17,18)(H,19,20). The number of rotatable bonds is 2. The lowest BCUT2D eigenvalue weighted by molar-refractivity contribution is 1.34. The lowest BCUT2D eigenvalue weighted by Crippen LogP contribution is -2.04. The number of amidine groups is 1. The molecule has 0 aliphatic carbocycles. The molecule has 0 aliphatic heterocycles. The van der Waals surface area contributed by atoms with Gasteiger partial charge in [-0.1, -0.05) is 11.6 Å². The predicted molar refractivity (Wildman–Crippen MR) is 83.6 cm³/mol. The Balaban J connectivity index is 2.01. The summed E-state index contributed by atoms with van der Waals surface area (Å²) in [6, 6.07) is 13.3. The van der Waals surface area contributed by atoms with E-state index in [1.807, 2.05) is 42.5 Å². The molecule has 1 aromatic heterocycles. The van der Waals surface area contributed by atoms with Gasteiger partial charge in [0.05, 0.1) is 16.9 Å². The Kier molecular flexibility index (Phi) is 3.16. The highest BCUT2D eigenvalue weighted by molar-refractivity contribution is 6.30. The van der Waals surface area contributed by atoms with Gasteiger partial charge in [-0.3, -0.25) is 5.41 Å². The number of imidazole rings is 1. The van der Waals surface area contributed by atoms with Crippen molar-refractivity contribution in [1.82, 2.24) is 9.97 Å². The van der Waals surface area contributed by atoms with Crippen molar-refractivity contribution in [2.75, 3.05) is 5.32 Å². The van der Waals surface area contributed by atoms with E-state index in [1.54, 1.807) is 6.92 Å². The van der Waals surface area contributed by atoms with Gasteiger partial charge < -0.3 is 10.3 Å². The summed E-state index contributed by atoms with van der Waals surface area (Å²) in [6.07, 6.45) is 0. The average Bonchev–Trinajstić information content (AvgIpc) is 2.81. The maximum absolute atomic E-state index is 7.45. The molecular formula is C15H13ClN4. The number of hydrogen-bond donors (Lipinski definition) is 3. The van der Waals surface area contributed by atoms with E-state index in [0.717, 1.165) is 28.1 Å². The molecule has 0 unspecified atom stereocenters. The van der Waals surface area contributed by atoms with E-state index in [2.05, 4.69) is 15.3 Å². The number of H-pyrrole nitrogens is 1. The Morgan fingerprint density at radius 2 is 1.95 bits per heavy atom. The van der Waals surface area contributed by atoms with Crippen molar-refractivity contribution < 1.29 is 0 Å². The second kappa shape index (κ2) is 4.98. The van der Waals surface area contributed by atoms with Crippen molar-refractivity contribution >= 4 is 34.2 Å². The summed E-state index contributed by atoms with van der Waals surface area (Å²) < 4.78 is 0. The first-order valence-corrected chi connectivity index (χ1v) is 6.57. The lowest BCUT2D eigenvalue weighted by atomic mass is 10.2. The second-order valence-corrected chi connectivity index (χ2v) is 5.01. The van der Waals surface area contributed by atoms with Gasteiger partial charge in [0.2, 0.25) is 0 Å². The van der Waals surface area contributed by atoms with Crippen molar-refractivity contribution in [2.45, 2.75) is 6.92 Å². The summed E-state index contributed by atoms with van der Waals surface area (Å²) in [4.78, 5) is 7.85. The van der Waals surface area contributed by atoms with Gasteiger partial charge in [-0.25, -0.2) is 4.98 Å². The first-order valence-electron chi connectivity index (χ1n) is 6.20. The SMILES string of the molecule is CC(=N)Nc1ccc2[nH]c(-c3ccc(Cl)cc3)nc2c1. The van der Waals surface area contributed by atoms with E-state index >= 15 is 0 Å². The van der Waals surface area contributed by atoms with Gasteiger partial charge in [0, 0.05) is 16.3 Å². The molecule has 0 saturated carbocycles. The van der Waals surface area contributed by atoms with Crippen LogP contribution in [0.5, 0.6) is 0 Å². The smallest absolute Gasteiger partial charge is 0.138 e. The molecule has 3 rings (SSSR count). The van der Waals surface area contributed by atoms with E-state index in [1.165, 1.54) is 0 Å². The number of aromatic amines is 1. The molecule has 0 aliphatic rings. The molecule has 0 atom stereocenters. The van der Waals surface area contributed by atoms with E-state index in [-0.39, 0.29) is 0 Å². The Labute approximate surface area is 121 Å². The van der Waals surface area contributed by atoms with E-state index in [9.17, 15) is 0 Å². The topological polar surface area (TPSA) is 64.6 Å². The third-order valence-corrected chi connectivity index (χ3v) is 3.18. The average molecular weight is 285 g/mol. The van der Waals surface area contributed by atoms with Crippen molar-refractivity contribution in [3.8, 4) is 11.4 Å². The van der Waals surface area contributed by atoms with Gasteiger partial charge in [-0.15, -0.1) is 0 Å². The van der Waals surface area contributed by atoms with Crippen molar-refractivity contribution in [3.05, 3.63) is 47.5 Å². The quantitative estimate of drug-likeness (QED) is 0.485. The fourth-order valence-electron chi connectivity index (χ4n) is 2.04. The van der Waals surface area contributed by atoms with Crippen LogP contribution < -0.4 is 5.32 Å². The summed E-state index contributed by atoms with van der Waals surface area (Å²) in [5, 5.41) is 11.1. The molecule has 4 nitrogen and oxygen atoms in total. The third kappa shape index (κ3) is 2.51. The Bertz CT molecular complexity index is 774.